The van der Waals surface area contributed by atoms with E-state index in [0.29, 0.717) is 62.9 Å². The zero-order chi connectivity index (χ0) is 22.4. The maximum Gasteiger partial charge on any atom is 0.226 e. The van der Waals surface area contributed by atoms with Gasteiger partial charge in [0.15, 0.2) is 0 Å². The highest BCUT2D eigenvalue weighted by Crippen LogP contribution is 2.40. The summed E-state index contributed by atoms with van der Waals surface area (Å²) in [5, 5.41) is 3.21. The largest absolute Gasteiger partial charge is 0.496 e. The molecule has 1 atom stereocenters. The lowest BCUT2D eigenvalue weighted by Gasteiger charge is -2.37. The standard InChI is InChI=1S/C26H32FNO4/c1-30-24-9-8-21(27)15-23(24)22-7-3-2-6-20(22)16-26(10-13-31-14-11-26)25(29)28-17-19-5-4-12-32-18-19/h2-3,6-9,15,19H,4-5,10-14,16-18H2,1H3,(H,28,29). The van der Waals surface area contributed by atoms with Gasteiger partial charge in [-0.05, 0) is 67.3 Å². The molecule has 6 heteroatoms. The second-order valence-electron chi connectivity index (χ2n) is 8.86. The fourth-order valence-corrected chi connectivity index (χ4v) is 4.83. The highest BCUT2D eigenvalue weighted by molar-refractivity contribution is 5.84. The topological polar surface area (TPSA) is 56.8 Å². The summed E-state index contributed by atoms with van der Waals surface area (Å²) in [6.07, 6.45) is 4.02. The molecule has 0 spiro atoms. The van der Waals surface area contributed by atoms with E-state index in [9.17, 15) is 9.18 Å². The van der Waals surface area contributed by atoms with E-state index in [1.807, 2.05) is 24.3 Å². The molecule has 1 N–H and O–H groups in total. The van der Waals surface area contributed by atoms with Crippen molar-refractivity contribution in [1.29, 1.82) is 0 Å². The SMILES string of the molecule is COc1ccc(F)cc1-c1ccccc1CC1(C(=O)NCC2CCCOC2)CCOCC1. The van der Waals surface area contributed by atoms with Gasteiger partial charge in [0.2, 0.25) is 5.91 Å². The Labute approximate surface area is 189 Å². The number of carbonyl (C=O) groups is 1. The van der Waals surface area contributed by atoms with E-state index >= 15 is 0 Å². The van der Waals surface area contributed by atoms with Crippen molar-refractivity contribution in [2.24, 2.45) is 11.3 Å². The van der Waals surface area contributed by atoms with Crippen LogP contribution < -0.4 is 10.1 Å². The molecule has 2 aromatic rings. The van der Waals surface area contributed by atoms with Gasteiger partial charge in [0.1, 0.15) is 11.6 Å². The van der Waals surface area contributed by atoms with Crippen LogP contribution in [-0.4, -0.2) is 46.0 Å². The molecule has 2 aliphatic rings. The summed E-state index contributed by atoms with van der Waals surface area (Å²) in [7, 11) is 1.59. The third kappa shape index (κ3) is 5.13. The van der Waals surface area contributed by atoms with Crippen LogP contribution in [0.5, 0.6) is 5.75 Å². The second-order valence-corrected chi connectivity index (χ2v) is 8.86. The minimum Gasteiger partial charge on any atom is -0.496 e. The number of nitrogens with one attached hydrogen (secondary N) is 1. The number of halogens is 1. The van der Waals surface area contributed by atoms with E-state index in [1.54, 1.807) is 13.2 Å². The number of rotatable bonds is 7. The average Bonchev–Trinajstić information content (AvgIpc) is 2.84. The fraction of sp³-hybridized carbons (Fsp3) is 0.500. The Morgan fingerprint density at radius 2 is 1.94 bits per heavy atom. The number of amides is 1. The Hall–Kier alpha value is -2.44. The maximum atomic E-state index is 14.1. The van der Waals surface area contributed by atoms with Crippen molar-refractivity contribution in [3.63, 3.8) is 0 Å². The van der Waals surface area contributed by atoms with Crippen LogP contribution >= 0.6 is 0 Å². The molecule has 2 aromatic carbocycles. The molecule has 172 valence electrons. The molecule has 1 amide bonds. The highest BCUT2D eigenvalue weighted by atomic mass is 19.1. The summed E-state index contributed by atoms with van der Waals surface area (Å²) in [4.78, 5) is 13.5. The number of carbonyl (C=O) groups excluding carboxylic acids is 1. The van der Waals surface area contributed by atoms with Gasteiger partial charge >= 0.3 is 0 Å². The quantitative estimate of drug-likeness (QED) is 0.693. The maximum absolute atomic E-state index is 14.1. The normalized spacial score (nSPS) is 20.5. The Morgan fingerprint density at radius 3 is 2.69 bits per heavy atom. The predicted molar refractivity (Wildman–Crippen MR) is 121 cm³/mol. The van der Waals surface area contributed by atoms with Crippen LogP contribution in [0.3, 0.4) is 0 Å². The van der Waals surface area contributed by atoms with Gasteiger partial charge in [0.25, 0.3) is 0 Å². The van der Waals surface area contributed by atoms with Crippen molar-refractivity contribution >= 4 is 5.91 Å². The van der Waals surface area contributed by atoms with Crippen LogP contribution in [0.15, 0.2) is 42.5 Å². The summed E-state index contributed by atoms with van der Waals surface area (Å²) in [6, 6.07) is 12.4. The van der Waals surface area contributed by atoms with Crippen molar-refractivity contribution in [3.8, 4) is 16.9 Å². The lowest BCUT2D eigenvalue weighted by molar-refractivity contribution is -0.137. The summed E-state index contributed by atoms with van der Waals surface area (Å²) in [6.45, 7) is 3.28. The van der Waals surface area contributed by atoms with Crippen LogP contribution in [0.4, 0.5) is 4.39 Å². The summed E-state index contributed by atoms with van der Waals surface area (Å²) in [5.74, 6) is 0.742. The molecule has 2 saturated heterocycles. The van der Waals surface area contributed by atoms with Gasteiger partial charge in [-0.2, -0.15) is 0 Å². The molecule has 5 nitrogen and oxygen atoms in total. The molecule has 2 fully saturated rings. The summed E-state index contributed by atoms with van der Waals surface area (Å²) in [5.41, 5.74) is 2.05. The van der Waals surface area contributed by atoms with Crippen molar-refractivity contribution in [1.82, 2.24) is 5.32 Å². The molecule has 2 heterocycles. The van der Waals surface area contributed by atoms with Gasteiger partial charge < -0.3 is 19.5 Å². The van der Waals surface area contributed by atoms with E-state index in [1.165, 1.54) is 12.1 Å². The number of hydrogen-bond acceptors (Lipinski definition) is 4. The minimum atomic E-state index is -0.551. The number of benzene rings is 2. The first-order valence-electron chi connectivity index (χ1n) is 11.5. The second kappa shape index (κ2) is 10.5. The summed E-state index contributed by atoms with van der Waals surface area (Å²) < 4.78 is 30.8. The lowest BCUT2D eigenvalue weighted by atomic mass is 9.73. The molecule has 0 aromatic heterocycles. The van der Waals surface area contributed by atoms with Gasteiger partial charge in [-0.15, -0.1) is 0 Å². The smallest absolute Gasteiger partial charge is 0.226 e. The van der Waals surface area contributed by atoms with E-state index < -0.39 is 5.41 Å². The first-order valence-corrected chi connectivity index (χ1v) is 11.5. The first kappa shape index (κ1) is 22.7. The predicted octanol–water partition coefficient (Wildman–Crippen LogP) is 4.38. The Balaban J connectivity index is 1.60. The molecular formula is C26H32FNO4. The van der Waals surface area contributed by atoms with Crippen LogP contribution in [-0.2, 0) is 20.7 Å². The van der Waals surface area contributed by atoms with Crippen LogP contribution in [0, 0.1) is 17.2 Å². The first-order chi connectivity index (χ1) is 15.6. The van der Waals surface area contributed by atoms with Crippen molar-refractivity contribution in [3.05, 3.63) is 53.8 Å². The van der Waals surface area contributed by atoms with Crippen LogP contribution in [0.25, 0.3) is 11.1 Å². The zero-order valence-electron chi connectivity index (χ0n) is 18.7. The Morgan fingerprint density at radius 1 is 1.12 bits per heavy atom. The summed E-state index contributed by atoms with van der Waals surface area (Å²) >= 11 is 0. The van der Waals surface area contributed by atoms with Gasteiger partial charge in [-0.25, -0.2) is 4.39 Å². The van der Waals surface area contributed by atoms with Crippen LogP contribution in [0.1, 0.15) is 31.2 Å². The molecular weight excluding hydrogens is 409 g/mol. The van der Waals surface area contributed by atoms with Crippen molar-refractivity contribution < 1.29 is 23.4 Å². The van der Waals surface area contributed by atoms with E-state index in [-0.39, 0.29) is 11.7 Å². The van der Waals surface area contributed by atoms with Gasteiger partial charge in [0.05, 0.1) is 19.1 Å². The zero-order valence-corrected chi connectivity index (χ0v) is 18.7. The Kier molecular flexibility index (Phi) is 7.43. The van der Waals surface area contributed by atoms with E-state index in [2.05, 4.69) is 5.32 Å². The number of ether oxygens (including phenoxy) is 3. The van der Waals surface area contributed by atoms with Crippen molar-refractivity contribution in [2.75, 3.05) is 40.1 Å². The monoisotopic (exact) mass is 441 g/mol. The third-order valence-electron chi connectivity index (χ3n) is 6.74. The van der Waals surface area contributed by atoms with Gasteiger partial charge in [-0.1, -0.05) is 24.3 Å². The third-order valence-corrected chi connectivity index (χ3v) is 6.74. The highest BCUT2D eigenvalue weighted by Gasteiger charge is 2.40. The molecule has 32 heavy (non-hydrogen) atoms. The fourth-order valence-electron chi connectivity index (χ4n) is 4.83. The molecule has 1 unspecified atom stereocenters. The average molecular weight is 442 g/mol. The molecule has 4 rings (SSSR count). The molecule has 0 radical (unpaired) electrons. The van der Waals surface area contributed by atoms with Gasteiger partial charge in [0, 0.05) is 31.9 Å². The van der Waals surface area contributed by atoms with Crippen LogP contribution in [0.2, 0.25) is 0 Å². The number of hydrogen-bond donors (Lipinski definition) is 1. The molecule has 0 bridgehead atoms. The lowest BCUT2D eigenvalue weighted by Crippen LogP contribution is -2.47. The van der Waals surface area contributed by atoms with Crippen molar-refractivity contribution in [2.45, 2.75) is 32.1 Å². The number of methoxy groups -OCH3 is 1. The molecule has 0 saturated carbocycles. The molecule has 2 aliphatic heterocycles. The molecule has 0 aliphatic carbocycles. The van der Waals surface area contributed by atoms with Gasteiger partial charge in [-0.3, -0.25) is 4.79 Å². The Bertz CT molecular complexity index is 920. The minimum absolute atomic E-state index is 0.0763. The van der Waals surface area contributed by atoms with E-state index in [0.717, 1.165) is 30.6 Å². The van der Waals surface area contributed by atoms with E-state index in [4.69, 9.17) is 14.2 Å².